The quantitative estimate of drug-likeness (QED) is 0.812. The molecule has 3 heterocycles. The molecule has 1 aromatic heterocycles. The number of ether oxygens (including phenoxy) is 2. The van der Waals surface area contributed by atoms with Crippen molar-refractivity contribution >= 4 is 5.91 Å². The van der Waals surface area contributed by atoms with Crippen LogP contribution in [0.4, 0.5) is 4.39 Å². The van der Waals surface area contributed by atoms with Crippen molar-refractivity contribution in [1.82, 2.24) is 9.88 Å². The summed E-state index contributed by atoms with van der Waals surface area (Å²) in [6, 6.07) is 10.3. The first kappa shape index (κ1) is 18.1. The van der Waals surface area contributed by atoms with Crippen molar-refractivity contribution in [3.05, 3.63) is 65.7 Å². The summed E-state index contributed by atoms with van der Waals surface area (Å²) in [5, 5.41) is 0. The van der Waals surface area contributed by atoms with Gasteiger partial charge in [0.05, 0.1) is 32.2 Å². The van der Waals surface area contributed by atoms with Gasteiger partial charge in [-0.3, -0.25) is 9.78 Å². The predicted molar refractivity (Wildman–Crippen MR) is 97.4 cm³/mol. The molecule has 27 heavy (non-hydrogen) atoms. The van der Waals surface area contributed by atoms with Gasteiger partial charge in [0.1, 0.15) is 11.4 Å². The number of pyridine rings is 1. The molecule has 2 aliphatic heterocycles. The third kappa shape index (κ3) is 4.17. The first-order valence-corrected chi connectivity index (χ1v) is 9.29. The highest BCUT2D eigenvalue weighted by Crippen LogP contribution is 2.36. The van der Waals surface area contributed by atoms with Crippen LogP contribution in [0.2, 0.25) is 0 Å². The molecule has 2 fully saturated rings. The minimum atomic E-state index is -0.334. The second-order valence-electron chi connectivity index (χ2n) is 7.33. The Morgan fingerprint density at radius 3 is 2.81 bits per heavy atom. The highest BCUT2D eigenvalue weighted by molar-refractivity contribution is 5.80. The first-order valence-electron chi connectivity index (χ1n) is 9.29. The zero-order chi connectivity index (χ0) is 18.7. The van der Waals surface area contributed by atoms with Crippen LogP contribution >= 0.6 is 0 Å². The van der Waals surface area contributed by atoms with Gasteiger partial charge in [-0.05, 0) is 35.7 Å². The van der Waals surface area contributed by atoms with E-state index in [9.17, 15) is 9.18 Å². The number of carbonyl (C=O) groups is 1. The molecule has 0 saturated carbocycles. The van der Waals surface area contributed by atoms with Crippen molar-refractivity contribution in [2.24, 2.45) is 0 Å². The van der Waals surface area contributed by atoms with Crippen LogP contribution in [-0.2, 0) is 27.3 Å². The summed E-state index contributed by atoms with van der Waals surface area (Å²) in [6.07, 6.45) is 5.36. The SMILES string of the molecule is O=C(Cc1ccccc1F)N1CC2(CC(OCc3ccncc3)CCO2)C1. The van der Waals surface area contributed by atoms with Gasteiger partial charge in [0.2, 0.25) is 5.91 Å². The summed E-state index contributed by atoms with van der Waals surface area (Å²) in [5.41, 5.74) is 1.22. The Kier molecular flexibility index (Phi) is 5.18. The third-order valence-corrected chi connectivity index (χ3v) is 5.29. The number of amides is 1. The van der Waals surface area contributed by atoms with Gasteiger partial charge < -0.3 is 14.4 Å². The Bertz CT molecular complexity index is 793. The van der Waals surface area contributed by atoms with Crippen molar-refractivity contribution in [3.8, 4) is 0 Å². The number of nitrogens with zero attached hydrogens (tertiary/aromatic N) is 2. The number of halogens is 1. The lowest BCUT2D eigenvalue weighted by atomic mass is 9.84. The van der Waals surface area contributed by atoms with Crippen LogP contribution in [-0.4, -0.2) is 47.2 Å². The molecule has 2 aliphatic rings. The highest BCUT2D eigenvalue weighted by Gasteiger charge is 2.49. The van der Waals surface area contributed by atoms with Crippen LogP contribution in [0.25, 0.3) is 0 Å². The lowest BCUT2D eigenvalue weighted by Gasteiger charge is -2.53. The fourth-order valence-electron chi connectivity index (χ4n) is 3.78. The van der Waals surface area contributed by atoms with Gasteiger partial charge in [-0.2, -0.15) is 0 Å². The molecule has 0 bridgehead atoms. The van der Waals surface area contributed by atoms with E-state index in [-0.39, 0.29) is 29.9 Å². The standard InChI is InChI=1S/C21H23FN2O3/c22-19-4-2-1-3-17(19)11-20(25)24-14-21(15-24)12-18(7-10-27-21)26-13-16-5-8-23-9-6-16/h1-6,8-9,18H,7,10-15H2. The van der Waals surface area contributed by atoms with Gasteiger partial charge in [0, 0.05) is 25.4 Å². The number of rotatable bonds is 5. The Labute approximate surface area is 158 Å². The van der Waals surface area contributed by atoms with E-state index >= 15 is 0 Å². The molecule has 6 heteroatoms. The van der Waals surface area contributed by atoms with Crippen molar-refractivity contribution in [2.45, 2.75) is 37.6 Å². The molecule has 0 radical (unpaired) electrons. The summed E-state index contributed by atoms with van der Waals surface area (Å²) in [7, 11) is 0. The fourth-order valence-corrected chi connectivity index (χ4v) is 3.78. The minimum absolute atomic E-state index is 0.0610. The van der Waals surface area contributed by atoms with E-state index in [1.807, 2.05) is 12.1 Å². The van der Waals surface area contributed by atoms with Crippen LogP contribution in [0.3, 0.4) is 0 Å². The lowest BCUT2D eigenvalue weighted by Crippen LogP contribution is -2.67. The normalized spacial score (nSPS) is 21.1. The first-order chi connectivity index (χ1) is 13.1. The van der Waals surface area contributed by atoms with Gasteiger partial charge in [-0.1, -0.05) is 18.2 Å². The average Bonchev–Trinajstić information content (AvgIpc) is 2.67. The summed E-state index contributed by atoms with van der Waals surface area (Å²) in [4.78, 5) is 18.2. The molecular formula is C21H23FN2O3. The van der Waals surface area contributed by atoms with Crippen LogP contribution in [0, 0.1) is 5.82 Å². The number of hydrogen-bond acceptors (Lipinski definition) is 4. The number of benzene rings is 1. The Balaban J connectivity index is 1.28. The summed E-state index contributed by atoms with van der Waals surface area (Å²) in [5.74, 6) is -0.395. The zero-order valence-corrected chi connectivity index (χ0v) is 15.1. The molecular weight excluding hydrogens is 347 g/mol. The molecule has 2 aromatic rings. The van der Waals surface area contributed by atoms with E-state index in [1.165, 1.54) is 6.07 Å². The molecule has 2 saturated heterocycles. The number of aromatic nitrogens is 1. The Morgan fingerprint density at radius 1 is 1.26 bits per heavy atom. The van der Waals surface area contributed by atoms with E-state index in [2.05, 4.69) is 4.98 Å². The maximum Gasteiger partial charge on any atom is 0.227 e. The van der Waals surface area contributed by atoms with Gasteiger partial charge >= 0.3 is 0 Å². The second kappa shape index (κ2) is 7.74. The van der Waals surface area contributed by atoms with Gasteiger partial charge in [0.15, 0.2) is 0 Å². The van der Waals surface area contributed by atoms with E-state index in [0.717, 1.165) is 18.4 Å². The molecule has 142 valence electrons. The van der Waals surface area contributed by atoms with Crippen molar-refractivity contribution < 1.29 is 18.7 Å². The molecule has 0 N–H and O–H groups in total. The van der Waals surface area contributed by atoms with Crippen molar-refractivity contribution in [3.63, 3.8) is 0 Å². The monoisotopic (exact) mass is 370 g/mol. The molecule has 1 atom stereocenters. The lowest BCUT2D eigenvalue weighted by molar-refractivity contribution is -0.202. The van der Waals surface area contributed by atoms with Gasteiger partial charge in [-0.25, -0.2) is 4.39 Å². The summed E-state index contributed by atoms with van der Waals surface area (Å²) < 4.78 is 25.8. The smallest absolute Gasteiger partial charge is 0.227 e. The third-order valence-electron chi connectivity index (χ3n) is 5.29. The van der Waals surface area contributed by atoms with Gasteiger partial charge in [0.25, 0.3) is 0 Å². The van der Waals surface area contributed by atoms with Crippen LogP contribution in [0.15, 0.2) is 48.8 Å². The van der Waals surface area contributed by atoms with E-state index < -0.39 is 0 Å². The van der Waals surface area contributed by atoms with Crippen LogP contribution < -0.4 is 0 Å². The summed E-state index contributed by atoms with van der Waals surface area (Å²) >= 11 is 0. The molecule has 1 amide bonds. The molecule has 1 spiro atoms. The van der Waals surface area contributed by atoms with E-state index in [0.29, 0.717) is 31.9 Å². The maximum absolute atomic E-state index is 13.7. The van der Waals surface area contributed by atoms with E-state index in [1.54, 1.807) is 35.5 Å². The second-order valence-corrected chi connectivity index (χ2v) is 7.33. The maximum atomic E-state index is 13.7. The van der Waals surface area contributed by atoms with E-state index in [4.69, 9.17) is 9.47 Å². The largest absolute Gasteiger partial charge is 0.373 e. The minimum Gasteiger partial charge on any atom is -0.373 e. The predicted octanol–water partition coefficient (Wildman–Crippen LogP) is 2.74. The Morgan fingerprint density at radius 2 is 2.04 bits per heavy atom. The molecule has 1 aromatic carbocycles. The van der Waals surface area contributed by atoms with Crippen molar-refractivity contribution in [1.29, 1.82) is 0 Å². The van der Waals surface area contributed by atoms with Crippen LogP contribution in [0.1, 0.15) is 24.0 Å². The summed E-state index contributed by atoms with van der Waals surface area (Å²) in [6.45, 7) is 2.29. The zero-order valence-electron chi connectivity index (χ0n) is 15.1. The van der Waals surface area contributed by atoms with Crippen molar-refractivity contribution in [2.75, 3.05) is 19.7 Å². The topological polar surface area (TPSA) is 51.7 Å². The number of carbonyl (C=O) groups excluding carboxylic acids is 1. The van der Waals surface area contributed by atoms with Gasteiger partial charge in [-0.15, -0.1) is 0 Å². The molecule has 5 nitrogen and oxygen atoms in total. The molecule has 4 rings (SSSR count). The Hall–Kier alpha value is -2.31. The molecule has 1 unspecified atom stereocenters. The number of hydrogen-bond donors (Lipinski definition) is 0. The van der Waals surface area contributed by atoms with Crippen LogP contribution in [0.5, 0.6) is 0 Å². The highest BCUT2D eigenvalue weighted by atomic mass is 19.1. The average molecular weight is 370 g/mol. The number of likely N-dealkylation sites (tertiary alicyclic amines) is 1. The fraction of sp³-hybridized carbons (Fsp3) is 0.429. The molecule has 0 aliphatic carbocycles.